The molecule has 1 aliphatic carbocycles. The molecule has 1 aromatic carbocycles. The lowest BCUT2D eigenvalue weighted by Crippen LogP contribution is -2.84. The van der Waals surface area contributed by atoms with Crippen molar-refractivity contribution in [2.24, 2.45) is 0 Å². The third-order valence-electron chi connectivity index (χ3n) is 6.38. The molecule has 1 saturated carbocycles. The molecule has 1 aliphatic heterocycles. The van der Waals surface area contributed by atoms with Gasteiger partial charge >= 0.3 is 0 Å². The molecule has 2 fully saturated rings. The second kappa shape index (κ2) is 9.94. The van der Waals surface area contributed by atoms with E-state index in [1.54, 1.807) is 6.92 Å². The van der Waals surface area contributed by atoms with Crippen molar-refractivity contribution in [1.29, 1.82) is 5.41 Å². The highest BCUT2D eigenvalue weighted by Gasteiger charge is 2.24. The summed E-state index contributed by atoms with van der Waals surface area (Å²) in [6.45, 7) is 3.50. The van der Waals surface area contributed by atoms with E-state index in [-0.39, 0.29) is 12.0 Å². The first-order chi connectivity index (χ1) is 15.0. The van der Waals surface area contributed by atoms with Crippen molar-refractivity contribution in [3.05, 3.63) is 40.8 Å². The fourth-order valence-corrected chi connectivity index (χ4v) is 5.66. The first kappa shape index (κ1) is 22.0. The van der Waals surface area contributed by atoms with Gasteiger partial charge in [-0.15, -0.1) is 0 Å². The lowest BCUT2D eigenvalue weighted by atomic mass is 9.95. The molecular weight excluding hydrogens is 408 g/mol. The molecule has 1 saturated heterocycles. The van der Waals surface area contributed by atoms with Crippen molar-refractivity contribution in [3.8, 4) is 0 Å². The molecule has 7 heteroatoms. The molecule has 31 heavy (non-hydrogen) atoms. The molecule has 0 atom stereocenters. The fourth-order valence-electron chi connectivity index (χ4n) is 4.52. The lowest BCUT2D eigenvalue weighted by molar-refractivity contribution is -0.610. The number of aliphatic hydroxyl groups is 1. The van der Waals surface area contributed by atoms with E-state index in [4.69, 9.17) is 5.41 Å². The number of carbonyl (C=O) groups is 1. The zero-order valence-electron chi connectivity index (χ0n) is 18.2. The van der Waals surface area contributed by atoms with Gasteiger partial charge < -0.3 is 26.0 Å². The predicted octanol–water partition coefficient (Wildman–Crippen LogP) is 3.88. The van der Waals surface area contributed by atoms with Crippen LogP contribution in [0.4, 0.5) is 16.4 Å². The number of hydrogen-bond donors (Lipinski definition) is 4. The fraction of sp³-hybridized carbons (Fsp3) is 0.500. The lowest BCUT2D eigenvalue weighted by Gasteiger charge is -2.31. The maximum atomic E-state index is 12.9. The van der Waals surface area contributed by atoms with Gasteiger partial charge in [0.05, 0.1) is 22.6 Å². The van der Waals surface area contributed by atoms with Gasteiger partial charge in [0.1, 0.15) is 0 Å². The van der Waals surface area contributed by atoms with Crippen LogP contribution in [-0.2, 0) is 0 Å². The Balaban J connectivity index is 1.42. The first-order valence-electron chi connectivity index (χ1n) is 11.4. The summed E-state index contributed by atoms with van der Waals surface area (Å²) in [5.74, 6) is -0.121. The van der Waals surface area contributed by atoms with Crippen LogP contribution in [0.15, 0.2) is 30.3 Å². The van der Waals surface area contributed by atoms with Crippen LogP contribution < -0.4 is 15.5 Å². The number of aliphatic hydroxyl groups excluding tert-OH is 1. The molecule has 166 valence electrons. The molecule has 2 aromatic rings. The van der Waals surface area contributed by atoms with Gasteiger partial charge in [-0.1, -0.05) is 17.8 Å². The zero-order valence-corrected chi connectivity index (χ0v) is 19.0. The van der Waals surface area contributed by atoms with Crippen molar-refractivity contribution in [2.45, 2.75) is 64.0 Å². The van der Waals surface area contributed by atoms with E-state index in [1.807, 2.05) is 30.3 Å². The van der Waals surface area contributed by atoms with Gasteiger partial charge in [-0.2, -0.15) is 0 Å². The van der Waals surface area contributed by atoms with E-state index < -0.39 is 0 Å². The third-order valence-corrected chi connectivity index (χ3v) is 7.48. The van der Waals surface area contributed by atoms with E-state index in [0.717, 1.165) is 47.9 Å². The molecule has 2 heterocycles. The Bertz CT molecular complexity index is 910. The van der Waals surface area contributed by atoms with Crippen LogP contribution in [0.3, 0.4) is 0 Å². The average Bonchev–Trinajstić information content (AvgIpc) is 3.20. The summed E-state index contributed by atoms with van der Waals surface area (Å²) in [6.07, 6.45) is 7.68. The third kappa shape index (κ3) is 5.53. The molecule has 0 radical (unpaired) electrons. The minimum Gasteiger partial charge on any atom is -0.393 e. The van der Waals surface area contributed by atoms with Gasteiger partial charge in [-0.05, 0) is 75.8 Å². The summed E-state index contributed by atoms with van der Waals surface area (Å²) in [7, 11) is 0. The van der Waals surface area contributed by atoms with Crippen LogP contribution in [0, 0.1) is 5.41 Å². The molecule has 0 spiro atoms. The number of benzene rings is 1. The van der Waals surface area contributed by atoms with E-state index in [1.165, 1.54) is 43.4 Å². The second-order valence-corrected chi connectivity index (χ2v) is 9.88. The van der Waals surface area contributed by atoms with E-state index in [9.17, 15) is 9.90 Å². The Morgan fingerprint density at radius 2 is 1.81 bits per heavy atom. The minimum atomic E-state index is -0.185. The number of carbonyl (C=O) groups excluding carboxylic acids is 1. The zero-order chi connectivity index (χ0) is 21.8. The number of nitrogens with one attached hydrogen (secondary N) is 2. The van der Waals surface area contributed by atoms with Crippen LogP contribution in [0.2, 0.25) is 0 Å². The first-order valence-corrected chi connectivity index (χ1v) is 12.2. The standard InChI is InChI=1S/C24H32N4O2S/c1-16(25)21-15-22(31-24(21)27-17-5-3-2-4-6-17)23(30)26-18-7-9-19(10-8-18)28-13-11-20(29)12-14-28/h7-10,15,17,20,25,27,29H,2-6,11-14H2,1H3,(H,26,30)/p+1. The van der Waals surface area contributed by atoms with Crippen molar-refractivity contribution in [1.82, 2.24) is 0 Å². The Kier molecular flexibility index (Phi) is 7.05. The minimum absolute atomic E-state index is 0.121. The Morgan fingerprint density at radius 3 is 2.45 bits per heavy atom. The highest BCUT2D eigenvalue weighted by Crippen LogP contribution is 2.28. The highest BCUT2D eigenvalue weighted by atomic mass is 32.1. The van der Waals surface area contributed by atoms with E-state index in [2.05, 4.69) is 15.5 Å². The van der Waals surface area contributed by atoms with Crippen LogP contribution in [0.25, 0.3) is 0 Å². The molecule has 0 bridgehead atoms. The number of hydrogen-bond acceptors (Lipinski definition) is 5. The van der Waals surface area contributed by atoms with Gasteiger partial charge in [0.2, 0.25) is 0 Å². The molecule has 6 nitrogen and oxygen atoms in total. The Hall–Kier alpha value is -2.22. The Labute approximate surface area is 188 Å². The molecule has 0 unspecified atom stereocenters. The summed E-state index contributed by atoms with van der Waals surface area (Å²) >= 11 is 1.49. The van der Waals surface area contributed by atoms with Gasteiger partial charge in [0, 0.05) is 30.2 Å². The number of nitrogens with two attached hydrogens (primary N) is 1. The van der Waals surface area contributed by atoms with Crippen LogP contribution in [0.5, 0.6) is 0 Å². The number of amides is 1. The summed E-state index contributed by atoms with van der Waals surface area (Å²) < 4.78 is 0. The topological polar surface area (TPSA) is 93.0 Å². The van der Waals surface area contributed by atoms with Crippen LogP contribution in [0.1, 0.15) is 67.1 Å². The monoisotopic (exact) mass is 441 g/mol. The summed E-state index contributed by atoms with van der Waals surface area (Å²) in [6, 6.07) is 10.3. The van der Waals surface area contributed by atoms with Gasteiger partial charge in [0.15, 0.2) is 5.00 Å². The summed E-state index contributed by atoms with van der Waals surface area (Å²) in [4.78, 5) is 15.8. The SMILES string of the molecule is CC(=N)c1cc(C(=O)Nc2ccc(N3CCC(O)CC3)cc2)sc1[NH2+]C1CCCCC1. The number of nitrogens with zero attached hydrogens (tertiary/aromatic N) is 1. The van der Waals surface area contributed by atoms with Crippen molar-refractivity contribution in [3.63, 3.8) is 0 Å². The molecule has 1 aromatic heterocycles. The van der Waals surface area contributed by atoms with E-state index in [0.29, 0.717) is 16.6 Å². The molecule has 2 aliphatic rings. The van der Waals surface area contributed by atoms with Gasteiger partial charge in [0.25, 0.3) is 5.91 Å². The number of rotatable bonds is 6. The Morgan fingerprint density at radius 1 is 1.13 bits per heavy atom. The summed E-state index contributed by atoms with van der Waals surface area (Å²) in [5.41, 5.74) is 3.27. The normalized spacial score (nSPS) is 18.2. The second-order valence-electron chi connectivity index (χ2n) is 8.80. The van der Waals surface area contributed by atoms with Crippen LogP contribution in [-0.4, -0.2) is 42.0 Å². The number of quaternary nitrogens is 1. The van der Waals surface area contributed by atoms with Gasteiger partial charge in [-0.3, -0.25) is 4.79 Å². The number of piperidine rings is 1. The largest absolute Gasteiger partial charge is 0.393 e. The number of thiophene rings is 1. The predicted molar refractivity (Wildman–Crippen MR) is 127 cm³/mol. The summed E-state index contributed by atoms with van der Waals surface area (Å²) in [5, 5.41) is 24.2. The number of anilines is 2. The van der Waals surface area contributed by atoms with E-state index >= 15 is 0 Å². The smallest absolute Gasteiger partial charge is 0.265 e. The van der Waals surface area contributed by atoms with Crippen molar-refractivity contribution < 1.29 is 15.2 Å². The maximum Gasteiger partial charge on any atom is 0.265 e. The van der Waals surface area contributed by atoms with Crippen molar-refractivity contribution in [2.75, 3.05) is 23.3 Å². The average molecular weight is 442 g/mol. The highest BCUT2D eigenvalue weighted by molar-refractivity contribution is 7.17. The van der Waals surface area contributed by atoms with Crippen molar-refractivity contribution >= 4 is 39.3 Å². The maximum absolute atomic E-state index is 12.9. The molecule has 1 amide bonds. The quantitative estimate of drug-likeness (QED) is 0.513. The van der Waals surface area contributed by atoms with Gasteiger partial charge in [-0.25, -0.2) is 0 Å². The molecular formula is C24H33N4O2S+. The molecule has 5 N–H and O–H groups in total. The molecule has 4 rings (SSSR count). The van der Waals surface area contributed by atoms with Crippen LogP contribution >= 0.6 is 11.3 Å².